The number of carbonyl (C=O) groups is 1. The first-order valence-electron chi connectivity index (χ1n) is 7.91. The van der Waals surface area contributed by atoms with Gasteiger partial charge in [-0.05, 0) is 37.8 Å². The maximum atomic E-state index is 12.1. The van der Waals surface area contributed by atoms with Crippen LogP contribution in [0.1, 0.15) is 33.1 Å². The Morgan fingerprint density at radius 3 is 2.41 bits per heavy atom. The molecule has 2 N–H and O–H groups in total. The summed E-state index contributed by atoms with van der Waals surface area (Å²) in [6, 6.07) is 0. The summed E-state index contributed by atoms with van der Waals surface area (Å²) in [4.78, 5) is 12.1. The molecule has 0 radical (unpaired) electrons. The van der Waals surface area contributed by atoms with Crippen molar-refractivity contribution in [3.63, 3.8) is 0 Å². The van der Waals surface area contributed by atoms with Gasteiger partial charge in [0, 0.05) is 25.6 Å². The van der Waals surface area contributed by atoms with Crippen molar-refractivity contribution in [2.75, 3.05) is 38.5 Å². The molecule has 0 aromatic carbocycles. The average Bonchev–Trinajstić information content (AvgIpc) is 3.14. The maximum Gasteiger partial charge on any atom is 0.223 e. The first-order valence-corrected chi connectivity index (χ1v) is 9.52. The van der Waals surface area contributed by atoms with E-state index in [1.165, 1.54) is 4.31 Å². The Labute approximate surface area is 139 Å². The molecule has 1 saturated heterocycles. The maximum absolute atomic E-state index is 12.1. The van der Waals surface area contributed by atoms with E-state index in [0.717, 1.165) is 32.4 Å². The molecule has 22 heavy (non-hydrogen) atoms. The van der Waals surface area contributed by atoms with E-state index >= 15 is 0 Å². The SMILES string of the molecule is CCN(CC)S(=O)(=O)CCNC(=O)C1CC12CCNCC2.Cl. The van der Waals surface area contributed by atoms with Gasteiger partial charge in [-0.25, -0.2) is 12.7 Å². The summed E-state index contributed by atoms with van der Waals surface area (Å²) in [5, 5.41) is 6.12. The van der Waals surface area contributed by atoms with Gasteiger partial charge < -0.3 is 10.6 Å². The Balaban J connectivity index is 0.00000242. The molecule has 8 heteroatoms. The van der Waals surface area contributed by atoms with Crippen molar-refractivity contribution in [2.24, 2.45) is 11.3 Å². The highest BCUT2D eigenvalue weighted by Gasteiger charge is 2.57. The van der Waals surface area contributed by atoms with E-state index in [0.29, 0.717) is 13.1 Å². The van der Waals surface area contributed by atoms with Crippen LogP contribution in [0.3, 0.4) is 0 Å². The summed E-state index contributed by atoms with van der Waals surface area (Å²) in [5.74, 6) is 0.115. The highest BCUT2D eigenvalue weighted by atomic mass is 35.5. The molecule has 6 nitrogen and oxygen atoms in total. The number of carbonyl (C=O) groups excluding carboxylic acids is 1. The normalized spacial score (nSPS) is 23.1. The number of piperidine rings is 1. The predicted molar refractivity (Wildman–Crippen MR) is 89.6 cm³/mol. The third kappa shape index (κ3) is 4.34. The van der Waals surface area contributed by atoms with E-state index in [-0.39, 0.29) is 41.9 Å². The summed E-state index contributed by atoms with van der Waals surface area (Å²) in [5.41, 5.74) is 0.201. The van der Waals surface area contributed by atoms with Crippen molar-refractivity contribution < 1.29 is 13.2 Å². The van der Waals surface area contributed by atoms with Crippen LogP contribution in [0.25, 0.3) is 0 Å². The van der Waals surface area contributed by atoms with Crippen LogP contribution >= 0.6 is 12.4 Å². The van der Waals surface area contributed by atoms with E-state index in [2.05, 4.69) is 10.6 Å². The van der Waals surface area contributed by atoms with E-state index in [4.69, 9.17) is 0 Å². The Hall–Kier alpha value is -0.370. The Morgan fingerprint density at radius 1 is 1.27 bits per heavy atom. The van der Waals surface area contributed by atoms with Crippen LogP contribution in [-0.2, 0) is 14.8 Å². The molecule has 2 rings (SSSR count). The van der Waals surface area contributed by atoms with Gasteiger partial charge in [0.2, 0.25) is 15.9 Å². The number of sulfonamides is 1. The van der Waals surface area contributed by atoms with Crippen molar-refractivity contribution in [3.05, 3.63) is 0 Å². The smallest absolute Gasteiger partial charge is 0.223 e. The van der Waals surface area contributed by atoms with Crippen molar-refractivity contribution in [1.29, 1.82) is 0 Å². The fourth-order valence-electron chi connectivity index (χ4n) is 3.37. The lowest BCUT2D eigenvalue weighted by Gasteiger charge is -2.23. The molecule has 1 unspecified atom stereocenters. The Bertz CT molecular complexity index is 474. The predicted octanol–water partition coefficient (Wildman–Crippen LogP) is 0.586. The number of hydrogen-bond donors (Lipinski definition) is 2. The highest BCUT2D eigenvalue weighted by molar-refractivity contribution is 7.89. The summed E-state index contributed by atoms with van der Waals surface area (Å²) in [6.45, 7) is 6.79. The van der Waals surface area contributed by atoms with Gasteiger partial charge in [-0.15, -0.1) is 12.4 Å². The van der Waals surface area contributed by atoms with Gasteiger partial charge in [0.15, 0.2) is 0 Å². The second kappa shape index (κ2) is 7.95. The van der Waals surface area contributed by atoms with E-state index in [1.54, 1.807) is 0 Å². The number of halogens is 1. The summed E-state index contributed by atoms with van der Waals surface area (Å²) < 4.78 is 25.5. The van der Waals surface area contributed by atoms with Gasteiger partial charge in [0.1, 0.15) is 0 Å². The number of rotatable bonds is 7. The zero-order valence-corrected chi connectivity index (χ0v) is 15.1. The lowest BCUT2D eigenvalue weighted by molar-refractivity contribution is -0.123. The zero-order chi connectivity index (χ0) is 15.5. The van der Waals surface area contributed by atoms with Crippen molar-refractivity contribution in [2.45, 2.75) is 33.1 Å². The molecular formula is C14H28ClN3O3S. The van der Waals surface area contributed by atoms with Gasteiger partial charge in [0.25, 0.3) is 0 Å². The van der Waals surface area contributed by atoms with Gasteiger partial charge in [-0.3, -0.25) is 4.79 Å². The van der Waals surface area contributed by atoms with E-state index in [9.17, 15) is 13.2 Å². The molecule has 0 aromatic rings. The average molecular weight is 354 g/mol. The molecule has 2 fully saturated rings. The fraction of sp³-hybridized carbons (Fsp3) is 0.929. The molecule has 1 aliphatic carbocycles. The second-order valence-corrected chi connectivity index (χ2v) is 8.15. The van der Waals surface area contributed by atoms with Gasteiger partial charge in [0.05, 0.1) is 5.75 Å². The first-order chi connectivity index (χ1) is 9.95. The summed E-state index contributed by atoms with van der Waals surface area (Å²) >= 11 is 0. The third-order valence-electron chi connectivity index (χ3n) is 4.86. The van der Waals surface area contributed by atoms with Crippen LogP contribution in [-0.4, -0.2) is 57.1 Å². The van der Waals surface area contributed by atoms with Crippen molar-refractivity contribution >= 4 is 28.3 Å². The largest absolute Gasteiger partial charge is 0.355 e. The van der Waals surface area contributed by atoms with Gasteiger partial charge in [-0.2, -0.15) is 0 Å². The molecule has 1 heterocycles. The quantitative estimate of drug-likeness (QED) is 0.702. The second-order valence-electron chi connectivity index (χ2n) is 6.06. The number of amides is 1. The molecule has 2 aliphatic rings. The van der Waals surface area contributed by atoms with Crippen molar-refractivity contribution in [1.82, 2.24) is 14.9 Å². The summed E-state index contributed by atoms with van der Waals surface area (Å²) in [6.07, 6.45) is 3.08. The van der Waals surface area contributed by atoms with Crippen molar-refractivity contribution in [3.8, 4) is 0 Å². The number of nitrogens with one attached hydrogen (secondary N) is 2. The first kappa shape index (κ1) is 19.7. The molecular weight excluding hydrogens is 326 g/mol. The van der Waals surface area contributed by atoms with Crippen LogP contribution in [0.2, 0.25) is 0 Å². The minimum Gasteiger partial charge on any atom is -0.355 e. The minimum atomic E-state index is -3.25. The molecule has 0 aromatic heterocycles. The lowest BCUT2D eigenvalue weighted by Crippen LogP contribution is -2.39. The number of hydrogen-bond acceptors (Lipinski definition) is 4. The zero-order valence-electron chi connectivity index (χ0n) is 13.4. The van der Waals surface area contributed by atoms with E-state index in [1.807, 2.05) is 13.8 Å². The van der Waals surface area contributed by atoms with Crippen LogP contribution in [0, 0.1) is 11.3 Å². The molecule has 1 atom stereocenters. The van der Waals surface area contributed by atoms with Gasteiger partial charge in [-0.1, -0.05) is 13.8 Å². The van der Waals surface area contributed by atoms with Gasteiger partial charge >= 0.3 is 0 Å². The highest BCUT2D eigenvalue weighted by Crippen LogP contribution is 2.58. The van der Waals surface area contributed by atoms with Crippen LogP contribution in [0.15, 0.2) is 0 Å². The molecule has 130 valence electrons. The molecule has 0 bridgehead atoms. The standard InChI is InChI=1S/C14H27N3O3S.ClH/c1-3-17(4-2)21(19,20)10-9-16-13(18)12-11-14(12)5-7-15-8-6-14;/h12,15H,3-11H2,1-2H3,(H,16,18);1H. The molecule has 1 spiro atoms. The molecule has 1 amide bonds. The van der Waals surface area contributed by atoms with E-state index < -0.39 is 10.0 Å². The molecule has 1 saturated carbocycles. The third-order valence-corrected chi connectivity index (χ3v) is 6.89. The van der Waals surface area contributed by atoms with Crippen LogP contribution in [0.4, 0.5) is 0 Å². The van der Waals surface area contributed by atoms with Crippen LogP contribution < -0.4 is 10.6 Å². The summed E-state index contributed by atoms with van der Waals surface area (Å²) in [7, 11) is -3.25. The van der Waals surface area contributed by atoms with Crippen LogP contribution in [0.5, 0.6) is 0 Å². The lowest BCUT2D eigenvalue weighted by atomic mass is 9.92. The topological polar surface area (TPSA) is 78.5 Å². The monoisotopic (exact) mass is 353 g/mol. The number of nitrogens with zero attached hydrogens (tertiary/aromatic N) is 1. The Kier molecular flexibility index (Phi) is 7.11. The minimum absolute atomic E-state index is 0. The fourth-order valence-corrected chi connectivity index (χ4v) is 4.77. The molecule has 1 aliphatic heterocycles. The Morgan fingerprint density at radius 2 is 1.86 bits per heavy atom.